The number of rotatable bonds is 7. The van der Waals surface area contributed by atoms with Crippen LogP contribution in [0.4, 0.5) is 5.69 Å². The lowest BCUT2D eigenvalue weighted by atomic mass is 10.2. The SMILES string of the molecule is CCOC(=O)c1ccc(NC(=O)CSc2nc(-c3ccccc3)ns2)cc1. The van der Waals surface area contributed by atoms with Gasteiger partial charge >= 0.3 is 5.97 Å². The fraction of sp³-hybridized carbons (Fsp3) is 0.158. The summed E-state index contributed by atoms with van der Waals surface area (Å²) in [6, 6.07) is 16.3. The van der Waals surface area contributed by atoms with E-state index in [1.165, 1.54) is 23.3 Å². The minimum absolute atomic E-state index is 0.152. The largest absolute Gasteiger partial charge is 0.462 e. The fourth-order valence-electron chi connectivity index (χ4n) is 2.20. The van der Waals surface area contributed by atoms with Gasteiger partial charge in [-0.25, -0.2) is 9.78 Å². The van der Waals surface area contributed by atoms with E-state index in [0.29, 0.717) is 23.7 Å². The number of anilines is 1. The third kappa shape index (κ3) is 5.38. The number of hydrogen-bond acceptors (Lipinski definition) is 7. The molecular weight excluding hydrogens is 382 g/mol. The molecule has 3 aromatic rings. The summed E-state index contributed by atoms with van der Waals surface area (Å²) in [5, 5.41) is 2.79. The van der Waals surface area contributed by atoms with Crippen LogP contribution in [0.25, 0.3) is 11.4 Å². The molecule has 138 valence electrons. The standard InChI is InChI=1S/C19H17N3O3S2/c1-2-25-18(24)14-8-10-15(11-9-14)20-16(23)12-26-19-21-17(22-27-19)13-6-4-3-5-7-13/h3-11H,2,12H2,1H3,(H,20,23). The topological polar surface area (TPSA) is 81.2 Å². The van der Waals surface area contributed by atoms with E-state index < -0.39 is 0 Å². The van der Waals surface area contributed by atoms with Crippen LogP contribution in [0.2, 0.25) is 0 Å². The molecule has 0 aliphatic heterocycles. The van der Waals surface area contributed by atoms with E-state index in [9.17, 15) is 9.59 Å². The van der Waals surface area contributed by atoms with Gasteiger partial charge in [-0.15, -0.1) is 0 Å². The van der Waals surface area contributed by atoms with Crippen molar-refractivity contribution < 1.29 is 14.3 Å². The summed E-state index contributed by atoms with van der Waals surface area (Å²) in [5.41, 5.74) is 2.02. The van der Waals surface area contributed by atoms with Crippen LogP contribution in [0.15, 0.2) is 58.9 Å². The Morgan fingerprint density at radius 1 is 1.11 bits per heavy atom. The van der Waals surface area contributed by atoms with Crippen LogP contribution in [-0.2, 0) is 9.53 Å². The van der Waals surface area contributed by atoms with E-state index in [-0.39, 0.29) is 17.6 Å². The van der Waals surface area contributed by atoms with Crippen molar-refractivity contribution in [1.82, 2.24) is 9.36 Å². The second-order valence-corrected chi connectivity index (χ2v) is 7.36. The van der Waals surface area contributed by atoms with Crippen LogP contribution < -0.4 is 5.32 Å². The molecule has 1 aromatic heterocycles. The van der Waals surface area contributed by atoms with Gasteiger partial charge in [-0.05, 0) is 42.7 Å². The normalized spacial score (nSPS) is 10.4. The molecule has 0 radical (unpaired) electrons. The summed E-state index contributed by atoms with van der Waals surface area (Å²) < 4.78 is 9.99. The van der Waals surface area contributed by atoms with Gasteiger partial charge in [-0.3, -0.25) is 4.79 Å². The number of nitrogens with one attached hydrogen (secondary N) is 1. The first-order chi connectivity index (χ1) is 13.2. The van der Waals surface area contributed by atoms with Crippen LogP contribution in [0.5, 0.6) is 0 Å². The summed E-state index contributed by atoms with van der Waals surface area (Å²) in [5.74, 6) is 0.359. The number of thioether (sulfide) groups is 1. The molecule has 0 saturated carbocycles. The zero-order valence-corrected chi connectivity index (χ0v) is 16.2. The van der Waals surface area contributed by atoms with E-state index in [4.69, 9.17) is 4.74 Å². The molecule has 8 heteroatoms. The highest BCUT2D eigenvalue weighted by molar-refractivity contribution is 8.01. The van der Waals surface area contributed by atoms with Crippen molar-refractivity contribution in [3.05, 3.63) is 60.2 Å². The molecular formula is C19H17N3O3S2. The molecule has 3 rings (SSSR count). The van der Waals surface area contributed by atoms with Gasteiger partial charge in [-0.2, -0.15) is 4.37 Å². The van der Waals surface area contributed by atoms with Gasteiger partial charge in [-0.1, -0.05) is 42.1 Å². The van der Waals surface area contributed by atoms with Gasteiger partial charge in [0, 0.05) is 11.3 Å². The molecule has 1 heterocycles. The number of ether oxygens (including phenoxy) is 1. The summed E-state index contributed by atoms with van der Waals surface area (Å²) in [6.07, 6.45) is 0. The molecule has 0 unspecified atom stereocenters. The first-order valence-corrected chi connectivity index (χ1v) is 10.0. The minimum atomic E-state index is -0.378. The molecule has 0 fully saturated rings. The number of hydrogen-bond donors (Lipinski definition) is 1. The maximum atomic E-state index is 12.1. The summed E-state index contributed by atoms with van der Waals surface area (Å²) in [4.78, 5) is 28.2. The predicted octanol–water partition coefficient (Wildman–Crippen LogP) is 4.11. The predicted molar refractivity (Wildman–Crippen MR) is 107 cm³/mol. The molecule has 0 aliphatic carbocycles. The van der Waals surface area contributed by atoms with Crippen LogP contribution in [0, 0.1) is 0 Å². The first kappa shape index (κ1) is 19.1. The molecule has 0 atom stereocenters. The number of carbonyl (C=O) groups is 2. The molecule has 1 amide bonds. The minimum Gasteiger partial charge on any atom is -0.462 e. The molecule has 1 N–H and O–H groups in total. The Hall–Kier alpha value is -2.71. The quantitative estimate of drug-likeness (QED) is 0.476. The Morgan fingerprint density at radius 2 is 1.85 bits per heavy atom. The summed E-state index contributed by atoms with van der Waals surface area (Å²) in [6.45, 7) is 2.08. The lowest BCUT2D eigenvalue weighted by Gasteiger charge is -2.06. The average molecular weight is 399 g/mol. The van der Waals surface area contributed by atoms with Gasteiger partial charge in [0.2, 0.25) is 5.91 Å². The highest BCUT2D eigenvalue weighted by Crippen LogP contribution is 2.25. The van der Waals surface area contributed by atoms with Gasteiger partial charge in [0.25, 0.3) is 0 Å². The molecule has 6 nitrogen and oxygen atoms in total. The van der Waals surface area contributed by atoms with Crippen LogP contribution in [0.1, 0.15) is 17.3 Å². The van der Waals surface area contributed by atoms with E-state index in [2.05, 4.69) is 14.7 Å². The zero-order chi connectivity index (χ0) is 19.1. The first-order valence-electron chi connectivity index (χ1n) is 8.24. The Kier molecular flexibility index (Phi) is 6.56. The van der Waals surface area contributed by atoms with E-state index >= 15 is 0 Å². The van der Waals surface area contributed by atoms with Crippen LogP contribution in [-0.4, -0.2) is 33.6 Å². The Morgan fingerprint density at radius 3 is 2.56 bits per heavy atom. The van der Waals surface area contributed by atoms with Gasteiger partial charge < -0.3 is 10.1 Å². The molecule has 0 bridgehead atoms. The Bertz CT molecular complexity index is 911. The second kappa shape index (κ2) is 9.29. The van der Waals surface area contributed by atoms with Gasteiger partial charge in [0.15, 0.2) is 10.2 Å². The van der Waals surface area contributed by atoms with Crippen LogP contribution in [0.3, 0.4) is 0 Å². The fourth-order valence-corrected chi connectivity index (χ4v) is 3.62. The summed E-state index contributed by atoms with van der Waals surface area (Å²) in [7, 11) is 0. The number of amides is 1. The van der Waals surface area contributed by atoms with Gasteiger partial charge in [0.1, 0.15) is 0 Å². The van der Waals surface area contributed by atoms with Gasteiger partial charge in [0.05, 0.1) is 17.9 Å². The number of aromatic nitrogens is 2. The molecule has 0 aliphatic rings. The highest BCUT2D eigenvalue weighted by atomic mass is 32.2. The van der Waals surface area contributed by atoms with Crippen molar-refractivity contribution in [3.8, 4) is 11.4 Å². The number of nitrogens with zero attached hydrogens (tertiary/aromatic N) is 2. The van der Waals surface area contributed by atoms with Crippen molar-refractivity contribution in [2.24, 2.45) is 0 Å². The Balaban J connectivity index is 1.51. The van der Waals surface area contributed by atoms with Crippen molar-refractivity contribution in [1.29, 1.82) is 0 Å². The van der Waals surface area contributed by atoms with Crippen molar-refractivity contribution >= 4 is 40.9 Å². The number of benzene rings is 2. The number of carbonyl (C=O) groups excluding carboxylic acids is 2. The lowest BCUT2D eigenvalue weighted by Crippen LogP contribution is -2.14. The maximum absolute atomic E-state index is 12.1. The summed E-state index contributed by atoms with van der Waals surface area (Å²) >= 11 is 2.61. The zero-order valence-electron chi connectivity index (χ0n) is 14.5. The van der Waals surface area contributed by atoms with E-state index in [1.54, 1.807) is 31.2 Å². The van der Waals surface area contributed by atoms with Crippen LogP contribution >= 0.6 is 23.3 Å². The van der Waals surface area contributed by atoms with E-state index in [0.717, 1.165) is 9.90 Å². The molecule has 0 spiro atoms. The average Bonchev–Trinajstić information content (AvgIpc) is 3.17. The van der Waals surface area contributed by atoms with Crippen molar-refractivity contribution in [3.63, 3.8) is 0 Å². The molecule has 0 saturated heterocycles. The van der Waals surface area contributed by atoms with Crippen molar-refractivity contribution in [2.45, 2.75) is 11.3 Å². The third-order valence-electron chi connectivity index (χ3n) is 3.45. The maximum Gasteiger partial charge on any atom is 0.338 e. The van der Waals surface area contributed by atoms with Crippen molar-refractivity contribution in [2.75, 3.05) is 17.7 Å². The molecule has 27 heavy (non-hydrogen) atoms. The monoisotopic (exact) mass is 399 g/mol. The number of esters is 1. The second-order valence-electron chi connectivity index (χ2n) is 5.38. The lowest BCUT2D eigenvalue weighted by molar-refractivity contribution is -0.113. The third-order valence-corrected chi connectivity index (χ3v) is 5.28. The smallest absolute Gasteiger partial charge is 0.338 e. The highest BCUT2D eigenvalue weighted by Gasteiger charge is 2.10. The Labute approximate surface area is 165 Å². The molecule has 2 aromatic carbocycles. The van der Waals surface area contributed by atoms with E-state index in [1.807, 2.05) is 30.3 Å².